The Bertz CT molecular complexity index is 613. The van der Waals surface area contributed by atoms with E-state index in [0.29, 0.717) is 18.4 Å². The van der Waals surface area contributed by atoms with Gasteiger partial charge in [0.2, 0.25) is 10.0 Å². The highest BCUT2D eigenvalue weighted by Crippen LogP contribution is 2.30. The van der Waals surface area contributed by atoms with Gasteiger partial charge < -0.3 is 5.73 Å². The molecule has 0 atom stereocenters. The average molecular weight is 268 g/mol. The fourth-order valence-corrected chi connectivity index (χ4v) is 2.84. The number of hydrogen-bond donors (Lipinski definition) is 2. The second-order valence-corrected chi connectivity index (χ2v) is 6.01. The molecule has 1 saturated carbocycles. The van der Waals surface area contributed by atoms with Crippen LogP contribution in [0.4, 0.5) is 10.1 Å². The Morgan fingerprint density at radius 2 is 2.17 bits per heavy atom. The number of nitrogens with one attached hydrogen (secondary N) is 1. The summed E-state index contributed by atoms with van der Waals surface area (Å²) in [5.74, 6) is 4.64. The lowest BCUT2D eigenvalue weighted by atomic mass is 10.2. The van der Waals surface area contributed by atoms with E-state index in [-0.39, 0.29) is 17.5 Å². The molecule has 4 nitrogen and oxygen atoms in total. The van der Waals surface area contributed by atoms with Gasteiger partial charge in [-0.05, 0) is 31.0 Å². The summed E-state index contributed by atoms with van der Waals surface area (Å²) in [6.45, 7) is 0.192. The molecular weight excluding hydrogens is 255 g/mol. The van der Waals surface area contributed by atoms with E-state index in [1.165, 1.54) is 12.1 Å². The molecule has 3 N–H and O–H groups in total. The number of hydrogen-bond acceptors (Lipinski definition) is 3. The molecule has 1 aromatic rings. The van der Waals surface area contributed by atoms with Crippen LogP contribution >= 0.6 is 0 Å². The van der Waals surface area contributed by atoms with Crippen LogP contribution in [0.25, 0.3) is 0 Å². The lowest BCUT2D eigenvalue weighted by Gasteiger charge is -2.07. The summed E-state index contributed by atoms with van der Waals surface area (Å²) >= 11 is 0. The van der Waals surface area contributed by atoms with Crippen LogP contribution in [0.5, 0.6) is 0 Å². The molecule has 0 spiro atoms. The molecule has 0 aromatic heterocycles. The molecule has 1 aromatic carbocycles. The Morgan fingerprint density at radius 3 is 2.72 bits per heavy atom. The first-order valence-electron chi connectivity index (χ1n) is 5.53. The highest BCUT2D eigenvalue weighted by molar-refractivity contribution is 7.93. The van der Waals surface area contributed by atoms with Gasteiger partial charge in [0.1, 0.15) is 5.82 Å². The zero-order valence-corrected chi connectivity index (χ0v) is 10.4. The first-order valence-corrected chi connectivity index (χ1v) is 7.07. The van der Waals surface area contributed by atoms with E-state index < -0.39 is 15.8 Å². The molecule has 0 heterocycles. The van der Waals surface area contributed by atoms with Gasteiger partial charge >= 0.3 is 0 Å². The number of sulfonamides is 1. The molecular formula is C12H13FN2O2S. The number of nitrogens with two attached hydrogens (primary N) is 1. The Labute approximate surface area is 105 Å². The topological polar surface area (TPSA) is 72.2 Å². The van der Waals surface area contributed by atoms with Gasteiger partial charge in [0.15, 0.2) is 0 Å². The second kappa shape index (κ2) is 4.96. The van der Waals surface area contributed by atoms with E-state index >= 15 is 0 Å². The van der Waals surface area contributed by atoms with Gasteiger partial charge in [-0.15, -0.1) is 0 Å². The quantitative estimate of drug-likeness (QED) is 0.805. The highest BCUT2D eigenvalue weighted by atomic mass is 32.2. The maximum atomic E-state index is 13.7. The maximum absolute atomic E-state index is 13.7. The Kier molecular flexibility index (Phi) is 3.55. The molecule has 2 rings (SSSR count). The van der Waals surface area contributed by atoms with Gasteiger partial charge in [0, 0.05) is 5.56 Å². The molecule has 1 aliphatic carbocycles. The van der Waals surface area contributed by atoms with Crippen LogP contribution in [0.3, 0.4) is 0 Å². The number of benzene rings is 1. The van der Waals surface area contributed by atoms with Crippen LogP contribution < -0.4 is 10.5 Å². The Morgan fingerprint density at radius 1 is 1.44 bits per heavy atom. The summed E-state index contributed by atoms with van der Waals surface area (Å²) in [7, 11) is -3.44. The lowest BCUT2D eigenvalue weighted by molar-refractivity contribution is 0.597. The van der Waals surface area contributed by atoms with Crippen LogP contribution in [-0.4, -0.2) is 20.2 Å². The van der Waals surface area contributed by atoms with Crippen molar-refractivity contribution >= 4 is 15.7 Å². The third-order valence-electron chi connectivity index (χ3n) is 2.52. The largest absolute Gasteiger partial charge is 0.320 e. The van der Waals surface area contributed by atoms with Gasteiger partial charge in [-0.3, -0.25) is 4.72 Å². The predicted octanol–water partition coefficient (Wildman–Crippen LogP) is 1.04. The minimum Gasteiger partial charge on any atom is -0.320 e. The summed E-state index contributed by atoms with van der Waals surface area (Å²) in [6.07, 6.45) is 1.27. The van der Waals surface area contributed by atoms with Crippen LogP contribution in [0.15, 0.2) is 18.2 Å². The van der Waals surface area contributed by atoms with E-state index in [9.17, 15) is 12.8 Å². The molecule has 0 radical (unpaired) electrons. The number of halogens is 1. The van der Waals surface area contributed by atoms with E-state index in [1.807, 2.05) is 0 Å². The molecule has 0 bridgehead atoms. The fourth-order valence-electron chi connectivity index (χ4n) is 1.44. The van der Waals surface area contributed by atoms with E-state index in [4.69, 9.17) is 5.73 Å². The molecule has 1 fully saturated rings. The van der Waals surface area contributed by atoms with Crippen molar-refractivity contribution in [3.05, 3.63) is 29.6 Å². The van der Waals surface area contributed by atoms with Gasteiger partial charge in [-0.25, -0.2) is 12.8 Å². The zero-order valence-electron chi connectivity index (χ0n) is 9.61. The normalized spacial score (nSPS) is 14.8. The van der Waals surface area contributed by atoms with Crippen molar-refractivity contribution in [3.63, 3.8) is 0 Å². The van der Waals surface area contributed by atoms with Gasteiger partial charge in [0.25, 0.3) is 0 Å². The van der Waals surface area contributed by atoms with Crippen molar-refractivity contribution in [1.82, 2.24) is 0 Å². The summed E-state index contributed by atoms with van der Waals surface area (Å²) in [6, 6.07) is 4.11. The van der Waals surface area contributed by atoms with E-state index in [2.05, 4.69) is 16.6 Å². The Balaban J connectivity index is 2.19. The first kappa shape index (κ1) is 12.9. The predicted molar refractivity (Wildman–Crippen MR) is 67.9 cm³/mol. The van der Waals surface area contributed by atoms with Crippen molar-refractivity contribution in [2.45, 2.75) is 18.1 Å². The zero-order chi connectivity index (χ0) is 13.2. The summed E-state index contributed by atoms with van der Waals surface area (Å²) < 4.78 is 39.2. The molecule has 96 valence electrons. The Hall–Kier alpha value is -1.58. The highest BCUT2D eigenvalue weighted by Gasteiger charge is 2.36. The SMILES string of the molecule is NCC#Cc1ccc(NS(=O)(=O)C2CC2)c(F)c1. The van der Waals surface area contributed by atoms with E-state index in [0.717, 1.165) is 0 Å². The molecule has 18 heavy (non-hydrogen) atoms. The minimum absolute atomic E-state index is 0.0415. The molecule has 0 unspecified atom stereocenters. The average Bonchev–Trinajstić information content (AvgIpc) is 3.13. The van der Waals surface area contributed by atoms with Crippen molar-refractivity contribution in [3.8, 4) is 11.8 Å². The maximum Gasteiger partial charge on any atom is 0.235 e. The molecule has 0 amide bonds. The summed E-state index contributed by atoms with van der Waals surface area (Å²) in [5, 5.41) is -0.381. The summed E-state index contributed by atoms with van der Waals surface area (Å²) in [4.78, 5) is 0. The van der Waals surface area contributed by atoms with Gasteiger partial charge in [0.05, 0.1) is 17.5 Å². The molecule has 6 heteroatoms. The number of rotatable bonds is 3. The van der Waals surface area contributed by atoms with Crippen molar-refractivity contribution < 1.29 is 12.8 Å². The first-order chi connectivity index (χ1) is 8.53. The third-order valence-corrected chi connectivity index (χ3v) is 4.37. The second-order valence-electron chi connectivity index (χ2n) is 4.05. The molecule has 0 aliphatic heterocycles. The molecule has 1 aliphatic rings. The van der Waals surface area contributed by atoms with Gasteiger partial charge in [-0.2, -0.15) is 0 Å². The standard InChI is InChI=1S/C12H13FN2O2S/c13-11-8-9(2-1-7-14)3-6-12(11)15-18(16,17)10-4-5-10/h3,6,8,10,15H,4-5,7,14H2. The van der Waals surface area contributed by atoms with Crippen LogP contribution in [-0.2, 0) is 10.0 Å². The van der Waals surface area contributed by atoms with Crippen LogP contribution in [0.2, 0.25) is 0 Å². The third kappa shape index (κ3) is 3.00. The smallest absolute Gasteiger partial charge is 0.235 e. The van der Waals surface area contributed by atoms with E-state index in [1.54, 1.807) is 6.07 Å². The van der Waals surface area contributed by atoms with Crippen molar-refractivity contribution in [2.75, 3.05) is 11.3 Å². The minimum atomic E-state index is -3.44. The van der Waals surface area contributed by atoms with Gasteiger partial charge in [-0.1, -0.05) is 11.8 Å². The number of anilines is 1. The summed E-state index contributed by atoms with van der Waals surface area (Å²) in [5.41, 5.74) is 5.63. The molecule has 0 saturated heterocycles. The van der Waals surface area contributed by atoms with Crippen LogP contribution in [0, 0.1) is 17.7 Å². The lowest BCUT2D eigenvalue weighted by Crippen LogP contribution is -2.18. The fraction of sp³-hybridized carbons (Fsp3) is 0.333. The van der Waals surface area contributed by atoms with Crippen molar-refractivity contribution in [2.24, 2.45) is 5.73 Å². The monoisotopic (exact) mass is 268 g/mol. The van der Waals surface area contributed by atoms with Crippen LogP contribution in [0.1, 0.15) is 18.4 Å². The van der Waals surface area contributed by atoms with Crippen molar-refractivity contribution in [1.29, 1.82) is 0 Å².